The first-order valence-corrected chi connectivity index (χ1v) is 9.66. The van der Waals surface area contributed by atoms with E-state index < -0.39 is 0 Å². The fourth-order valence-corrected chi connectivity index (χ4v) is 4.06. The summed E-state index contributed by atoms with van der Waals surface area (Å²) < 4.78 is 5.76. The minimum absolute atomic E-state index is 0.134. The number of fused-ring (bicyclic) bond motifs is 1. The average Bonchev–Trinajstić information content (AvgIpc) is 3.10. The number of rotatable bonds is 5. The molecule has 1 heterocycles. The first-order valence-electron chi connectivity index (χ1n) is 8.85. The number of thiazole rings is 1. The summed E-state index contributed by atoms with van der Waals surface area (Å²) in [5.41, 5.74) is 2.87. The molecule has 0 saturated heterocycles. The van der Waals surface area contributed by atoms with Gasteiger partial charge in [0.1, 0.15) is 12.4 Å². The summed E-state index contributed by atoms with van der Waals surface area (Å²) in [6.07, 6.45) is 4.51. The van der Waals surface area contributed by atoms with Crippen LogP contribution in [-0.4, -0.2) is 10.9 Å². The van der Waals surface area contributed by atoms with Crippen LogP contribution in [0, 0.1) is 0 Å². The molecule has 1 aliphatic rings. The van der Waals surface area contributed by atoms with Crippen molar-refractivity contribution in [3.8, 4) is 5.75 Å². The maximum Gasteiger partial charge on any atom is 0.257 e. The van der Waals surface area contributed by atoms with Crippen LogP contribution in [0.25, 0.3) is 0 Å². The maximum atomic E-state index is 12.4. The molecule has 4 rings (SSSR count). The van der Waals surface area contributed by atoms with Gasteiger partial charge in [0, 0.05) is 10.4 Å². The molecule has 1 amide bonds. The molecule has 132 valence electrons. The van der Waals surface area contributed by atoms with Crippen molar-refractivity contribution >= 4 is 22.4 Å². The number of carbonyl (C=O) groups excluding carboxylic acids is 1. The molecule has 26 heavy (non-hydrogen) atoms. The SMILES string of the molecule is O=C(Nc1nc2c(s1)CCCC2)c1ccc(OCc2ccccc2)cc1. The van der Waals surface area contributed by atoms with Crippen molar-refractivity contribution in [1.82, 2.24) is 4.98 Å². The Morgan fingerprint density at radius 3 is 2.58 bits per heavy atom. The van der Waals surface area contributed by atoms with Crippen LogP contribution < -0.4 is 10.1 Å². The van der Waals surface area contributed by atoms with Crippen LogP contribution in [0.5, 0.6) is 5.75 Å². The third-order valence-electron chi connectivity index (χ3n) is 4.43. The molecule has 0 fully saturated rings. The van der Waals surface area contributed by atoms with Gasteiger partial charge in [0.25, 0.3) is 5.91 Å². The number of aryl methyl sites for hydroxylation is 2. The highest BCUT2D eigenvalue weighted by molar-refractivity contribution is 7.15. The van der Waals surface area contributed by atoms with E-state index in [2.05, 4.69) is 10.3 Å². The van der Waals surface area contributed by atoms with Crippen molar-refractivity contribution in [3.05, 3.63) is 76.3 Å². The number of anilines is 1. The molecule has 0 atom stereocenters. The van der Waals surface area contributed by atoms with Crippen molar-refractivity contribution in [3.63, 3.8) is 0 Å². The Bertz CT molecular complexity index is 865. The average molecular weight is 364 g/mol. The molecular formula is C21H20N2O2S. The number of benzene rings is 2. The van der Waals surface area contributed by atoms with Gasteiger partial charge in [-0.2, -0.15) is 0 Å². The van der Waals surface area contributed by atoms with Gasteiger partial charge >= 0.3 is 0 Å². The summed E-state index contributed by atoms with van der Waals surface area (Å²) in [7, 11) is 0. The first-order chi connectivity index (χ1) is 12.8. The van der Waals surface area contributed by atoms with Crippen molar-refractivity contribution in [2.75, 3.05) is 5.32 Å². The second kappa shape index (κ2) is 7.70. The van der Waals surface area contributed by atoms with Crippen molar-refractivity contribution in [2.24, 2.45) is 0 Å². The van der Waals surface area contributed by atoms with Crippen LogP contribution in [-0.2, 0) is 19.4 Å². The Balaban J connectivity index is 1.37. The zero-order valence-corrected chi connectivity index (χ0v) is 15.2. The topological polar surface area (TPSA) is 51.2 Å². The normalized spacial score (nSPS) is 13.1. The Labute approximate surface area is 156 Å². The van der Waals surface area contributed by atoms with Crippen LogP contribution in [0.15, 0.2) is 54.6 Å². The van der Waals surface area contributed by atoms with Gasteiger partial charge in [-0.05, 0) is 55.5 Å². The fourth-order valence-electron chi connectivity index (χ4n) is 3.02. The lowest BCUT2D eigenvalue weighted by Crippen LogP contribution is -2.11. The van der Waals surface area contributed by atoms with Gasteiger partial charge in [-0.15, -0.1) is 11.3 Å². The van der Waals surface area contributed by atoms with E-state index in [1.807, 2.05) is 42.5 Å². The predicted octanol–water partition coefficient (Wildman–Crippen LogP) is 4.85. The van der Waals surface area contributed by atoms with Gasteiger partial charge in [-0.3, -0.25) is 10.1 Å². The molecule has 0 saturated carbocycles. The number of ether oxygens (including phenoxy) is 1. The molecule has 1 N–H and O–H groups in total. The van der Waals surface area contributed by atoms with Crippen LogP contribution in [0.3, 0.4) is 0 Å². The van der Waals surface area contributed by atoms with Crippen LogP contribution in [0.4, 0.5) is 5.13 Å². The first kappa shape index (κ1) is 16.8. The Morgan fingerprint density at radius 1 is 1.04 bits per heavy atom. The highest BCUT2D eigenvalue weighted by atomic mass is 32.1. The van der Waals surface area contributed by atoms with Gasteiger partial charge in [0.15, 0.2) is 5.13 Å². The molecule has 1 aliphatic carbocycles. The molecule has 1 aromatic heterocycles. The van der Waals surface area contributed by atoms with Gasteiger partial charge < -0.3 is 4.74 Å². The lowest BCUT2D eigenvalue weighted by molar-refractivity contribution is 0.102. The fraction of sp³-hybridized carbons (Fsp3) is 0.238. The third-order valence-corrected chi connectivity index (χ3v) is 5.50. The van der Waals surface area contributed by atoms with Crippen molar-refractivity contribution in [1.29, 1.82) is 0 Å². The number of aromatic nitrogens is 1. The summed E-state index contributed by atoms with van der Waals surface area (Å²) in [4.78, 5) is 18.3. The smallest absolute Gasteiger partial charge is 0.257 e. The van der Waals surface area contributed by atoms with Gasteiger partial charge in [-0.25, -0.2) is 4.98 Å². The van der Waals surface area contributed by atoms with Gasteiger partial charge in [0.05, 0.1) is 5.69 Å². The largest absolute Gasteiger partial charge is 0.489 e. The zero-order valence-electron chi connectivity index (χ0n) is 14.4. The molecule has 0 unspecified atom stereocenters. The minimum atomic E-state index is -0.134. The maximum absolute atomic E-state index is 12.4. The Hall–Kier alpha value is -2.66. The molecule has 0 spiro atoms. The second-order valence-corrected chi connectivity index (χ2v) is 7.43. The number of hydrogen-bond donors (Lipinski definition) is 1. The van der Waals surface area contributed by atoms with E-state index in [4.69, 9.17) is 4.74 Å². The Morgan fingerprint density at radius 2 is 1.81 bits per heavy atom. The lowest BCUT2D eigenvalue weighted by atomic mass is 10.0. The lowest BCUT2D eigenvalue weighted by Gasteiger charge is -2.07. The summed E-state index contributed by atoms with van der Waals surface area (Å²) in [6.45, 7) is 0.511. The molecule has 4 nitrogen and oxygen atoms in total. The van der Waals surface area contributed by atoms with Crippen LogP contribution in [0.1, 0.15) is 39.3 Å². The predicted molar refractivity (Wildman–Crippen MR) is 104 cm³/mol. The Kier molecular flexibility index (Phi) is 4.97. The molecule has 0 radical (unpaired) electrons. The third kappa shape index (κ3) is 3.94. The minimum Gasteiger partial charge on any atom is -0.489 e. The van der Waals surface area contributed by atoms with E-state index in [1.54, 1.807) is 23.5 Å². The number of nitrogens with one attached hydrogen (secondary N) is 1. The number of hydrogen-bond acceptors (Lipinski definition) is 4. The van der Waals surface area contributed by atoms with E-state index in [9.17, 15) is 4.79 Å². The summed E-state index contributed by atoms with van der Waals surface area (Å²) in [5, 5.41) is 3.62. The van der Waals surface area contributed by atoms with E-state index in [1.165, 1.54) is 17.7 Å². The highest BCUT2D eigenvalue weighted by Crippen LogP contribution is 2.29. The van der Waals surface area contributed by atoms with Gasteiger partial charge in [-0.1, -0.05) is 30.3 Å². The van der Waals surface area contributed by atoms with Crippen molar-refractivity contribution < 1.29 is 9.53 Å². The molecule has 0 bridgehead atoms. The number of carbonyl (C=O) groups is 1. The van der Waals surface area contributed by atoms with Crippen molar-refractivity contribution in [2.45, 2.75) is 32.3 Å². The second-order valence-electron chi connectivity index (χ2n) is 6.35. The zero-order chi connectivity index (χ0) is 17.8. The number of nitrogens with zero attached hydrogens (tertiary/aromatic N) is 1. The standard InChI is InChI=1S/C21H20N2O2S/c24-20(23-21-22-18-8-4-5-9-19(18)26-21)16-10-12-17(13-11-16)25-14-15-6-2-1-3-7-15/h1-3,6-7,10-13H,4-5,8-9,14H2,(H,22,23,24). The highest BCUT2D eigenvalue weighted by Gasteiger charge is 2.16. The van der Waals surface area contributed by atoms with E-state index in [-0.39, 0.29) is 5.91 Å². The molecular weight excluding hydrogens is 344 g/mol. The molecule has 2 aromatic carbocycles. The summed E-state index contributed by atoms with van der Waals surface area (Å²) in [5.74, 6) is 0.612. The van der Waals surface area contributed by atoms with E-state index in [0.29, 0.717) is 17.3 Å². The number of amides is 1. The quantitative estimate of drug-likeness (QED) is 0.704. The monoisotopic (exact) mass is 364 g/mol. The molecule has 3 aromatic rings. The summed E-state index contributed by atoms with van der Waals surface area (Å²) >= 11 is 1.60. The van der Waals surface area contributed by atoms with E-state index in [0.717, 1.165) is 29.8 Å². The van der Waals surface area contributed by atoms with Crippen LogP contribution in [0.2, 0.25) is 0 Å². The molecule has 0 aliphatic heterocycles. The summed E-state index contributed by atoms with van der Waals surface area (Å²) in [6, 6.07) is 17.2. The van der Waals surface area contributed by atoms with E-state index >= 15 is 0 Å². The van der Waals surface area contributed by atoms with Gasteiger partial charge in [0.2, 0.25) is 0 Å². The van der Waals surface area contributed by atoms with Crippen LogP contribution >= 0.6 is 11.3 Å². The molecule has 5 heteroatoms.